The molecule has 1 aliphatic heterocycles. The van der Waals surface area contributed by atoms with Crippen LogP contribution in [0.3, 0.4) is 0 Å². The van der Waals surface area contributed by atoms with Crippen LogP contribution in [0.2, 0.25) is 0 Å². The second-order valence-electron chi connectivity index (χ2n) is 8.25. The molecule has 0 saturated carbocycles. The van der Waals surface area contributed by atoms with Crippen molar-refractivity contribution in [2.75, 3.05) is 13.7 Å². The van der Waals surface area contributed by atoms with Gasteiger partial charge in [-0.1, -0.05) is 17.3 Å². The number of hydrogen-bond acceptors (Lipinski definition) is 6. The molecule has 3 heterocycles. The summed E-state index contributed by atoms with van der Waals surface area (Å²) in [6.45, 7) is 6.56. The minimum atomic E-state index is -0.519. The molecule has 0 aliphatic carbocycles. The van der Waals surface area contributed by atoms with Gasteiger partial charge in [0.1, 0.15) is 17.1 Å². The Balaban J connectivity index is 1.59. The number of ether oxygens (including phenoxy) is 1. The fourth-order valence-corrected chi connectivity index (χ4v) is 3.82. The SMILES string of the molecule is COC(C)(C)c1cc([C@@H]2CC[C@@H](C)N(C(=O)c3ccccc3-n3nccn3)C2)on1. The fraction of sp³-hybridized carbons (Fsp3) is 0.455. The Morgan fingerprint density at radius 1 is 1.20 bits per heavy atom. The van der Waals surface area contributed by atoms with E-state index in [0.717, 1.165) is 24.3 Å². The molecule has 1 aromatic carbocycles. The number of amides is 1. The van der Waals surface area contributed by atoms with Crippen LogP contribution in [0.4, 0.5) is 0 Å². The predicted octanol–water partition coefficient (Wildman–Crippen LogP) is 3.55. The standard InChI is InChI=1S/C22H27N5O3/c1-15-9-10-16(19-13-20(25-30-19)22(2,3)29-4)14-26(15)21(28)17-7-5-6-8-18(17)27-23-11-12-24-27/h5-8,11-13,15-16H,9-10,14H2,1-4H3/t15-,16-/m1/s1. The number of nitrogens with zero attached hydrogens (tertiary/aromatic N) is 5. The maximum Gasteiger partial charge on any atom is 0.256 e. The topological polar surface area (TPSA) is 86.3 Å². The highest BCUT2D eigenvalue weighted by atomic mass is 16.5. The van der Waals surface area contributed by atoms with E-state index in [9.17, 15) is 4.79 Å². The quantitative estimate of drug-likeness (QED) is 0.641. The third-order valence-corrected chi connectivity index (χ3v) is 5.97. The Bertz CT molecular complexity index is 1010. The van der Waals surface area contributed by atoms with Crippen LogP contribution >= 0.6 is 0 Å². The molecule has 4 rings (SSSR count). The number of rotatable bonds is 5. The Morgan fingerprint density at radius 3 is 2.67 bits per heavy atom. The van der Waals surface area contributed by atoms with Crippen LogP contribution in [0.1, 0.15) is 61.3 Å². The van der Waals surface area contributed by atoms with Crippen molar-refractivity contribution in [3.8, 4) is 5.69 Å². The van der Waals surface area contributed by atoms with E-state index in [1.807, 2.05) is 49.1 Å². The van der Waals surface area contributed by atoms with Gasteiger partial charge in [0.25, 0.3) is 5.91 Å². The van der Waals surface area contributed by atoms with Gasteiger partial charge in [0.05, 0.1) is 23.6 Å². The molecule has 1 saturated heterocycles. The number of piperidine rings is 1. The molecule has 0 N–H and O–H groups in total. The second-order valence-corrected chi connectivity index (χ2v) is 8.25. The van der Waals surface area contributed by atoms with E-state index in [4.69, 9.17) is 9.26 Å². The molecular formula is C22H27N5O3. The monoisotopic (exact) mass is 409 g/mol. The molecule has 8 nitrogen and oxygen atoms in total. The number of likely N-dealkylation sites (tertiary alicyclic amines) is 1. The van der Waals surface area contributed by atoms with Crippen molar-refractivity contribution >= 4 is 5.91 Å². The normalized spacial score (nSPS) is 19.8. The average molecular weight is 409 g/mol. The van der Waals surface area contributed by atoms with Crippen LogP contribution in [0.15, 0.2) is 47.2 Å². The molecule has 0 bridgehead atoms. The van der Waals surface area contributed by atoms with Crippen molar-refractivity contribution < 1.29 is 14.1 Å². The van der Waals surface area contributed by atoms with E-state index in [2.05, 4.69) is 22.3 Å². The number of methoxy groups -OCH3 is 1. The molecule has 3 aromatic rings. The minimum absolute atomic E-state index is 0.0305. The number of carbonyl (C=O) groups is 1. The zero-order valence-corrected chi connectivity index (χ0v) is 17.8. The van der Waals surface area contributed by atoms with Crippen LogP contribution in [-0.4, -0.2) is 50.7 Å². The van der Waals surface area contributed by atoms with Crippen LogP contribution < -0.4 is 0 Å². The first-order valence-electron chi connectivity index (χ1n) is 10.2. The maximum atomic E-state index is 13.5. The van der Waals surface area contributed by atoms with Crippen LogP contribution in [0.25, 0.3) is 5.69 Å². The van der Waals surface area contributed by atoms with Crippen molar-refractivity contribution in [2.45, 2.75) is 51.2 Å². The summed E-state index contributed by atoms with van der Waals surface area (Å²) in [7, 11) is 1.66. The van der Waals surface area contributed by atoms with E-state index in [1.54, 1.807) is 19.5 Å². The smallest absolute Gasteiger partial charge is 0.256 e. The van der Waals surface area contributed by atoms with Crippen molar-refractivity contribution in [3.05, 3.63) is 59.7 Å². The second kappa shape index (κ2) is 8.02. The zero-order chi connectivity index (χ0) is 21.3. The number of hydrogen-bond donors (Lipinski definition) is 0. The van der Waals surface area contributed by atoms with Crippen molar-refractivity contribution in [1.82, 2.24) is 25.1 Å². The van der Waals surface area contributed by atoms with Crippen molar-refractivity contribution in [1.29, 1.82) is 0 Å². The van der Waals surface area contributed by atoms with Crippen LogP contribution in [-0.2, 0) is 10.3 Å². The first-order chi connectivity index (χ1) is 14.4. The van der Waals surface area contributed by atoms with E-state index >= 15 is 0 Å². The molecule has 1 fully saturated rings. The first-order valence-corrected chi connectivity index (χ1v) is 10.2. The number of carbonyl (C=O) groups excluding carboxylic acids is 1. The molecule has 1 aliphatic rings. The number of para-hydroxylation sites is 1. The van der Waals surface area contributed by atoms with Gasteiger partial charge in [0.2, 0.25) is 0 Å². The lowest BCUT2D eigenvalue weighted by Crippen LogP contribution is -2.45. The Morgan fingerprint density at radius 2 is 1.93 bits per heavy atom. The molecule has 2 aromatic heterocycles. The van der Waals surface area contributed by atoms with Gasteiger partial charge in [0, 0.05) is 31.7 Å². The van der Waals surface area contributed by atoms with Gasteiger partial charge in [-0.25, -0.2) is 0 Å². The highest BCUT2D eigenvalue weighted by molar-refractivity contribution is 5.98. The van der Waals surface area contributed by atoms with Gasteiger partial charge in [0.15, 0.2) is 0 Å². The van der Waals surface area contributed by atoms with E-state index in [0.29, 0.717) is 17.8 Å². The summed E-state index contributed by atoms with van der Waals surface area (Å²) in [5, 5.41) is 12.6. The lowest BCUT2D eigenvalue weighted by atomic mass is 9.90. The Hall–Kier alpha value is -3.00. The Kier molecular flexibility index (Phi) is 5.42. The zero-order valence-electron chi connectivity index (χ0n) is 17.8. The fourth-order valence-electron chi connectivity index (χ4n) is 3.82. The van der Waals surface area contributed by atoms with E-state index < -0.39 is 5.60 Å². The molecule has 0 radical (unpaired) electrons. The summed E-state index contributed by atoms with van der Waals surface area (Å²) >= 11 is 0. The number of aromatic nitrogens is 4. The van der Waals surface area contributed by atoms with Gasteiger partial charge >= 0.3 is 0 Å². The molecule has 158 valence electrons. The average Bonchev–Trinajstić information content (AvgIpc) is 3.46. The number of benzene rings is 1. The first kappa shape index (κ1) is 20.3. The molecular weight excluding hydrogens is 382 g/mol. The van der Waals surface area contributed by atoms with Crippen LogP contribution in [0, 0.1) is 0 Å². The van der Waals surface area contributed by atoms with E-state index in [-0.39, 0.29) is 17.9 Å². The summed E-state index contributed by atoms with van der Waals surface area (Å²) in [4.78, 5) is 16.9. The van der Waals surface area contributed by atoms with Crippen molar-refractivity contribution in [2.24, 2.45) is 0 Å². The van der Waals surface area contributed by atoms with Gasteiger partial charge in [-0.05, 0) is 45.7 Å². The summed E-state index contributed by atoms with van der Waals surface area (Å²) < 4.78 is 11.2. The molecule has 8 heteroatoms. The molecule has 2 atom stereocenters. The van der Waals surface area contributed by atoms with Crippen LogP contribution in [0.5, 0.6) is 0 Å². The van der Waals surface area contributed by atoms with Gasteiger partial charge < -0.3 is 14.2 Å². The summed E-state index contributed by atoms with van der Waals surface area (Å²) in [6, 6.07) is 9.51. The van der Waals surface area contributed by atoms with E-state index in [1.165, 1.54) is 4.80 Å². The highest BCUT2D eigenvalue weighted by Gasteiger charge is 2.34. The maximum absolute atomic E-state index is 13.5. The third kappa shape index (κ3) is 3.75. The minimum Gasteiger partial charge on any atom is -0.372 e. The summed E-state index contributed by atoms with van der Waals surface area (Å²) in [5.74, 6) is 0.855. The molecule has 0 spiro atoms. The van der Waals surface area contributed by atoms with Crippen molar-refractivity contribution in [3.63, 3.8) is 0 Å². The molecule has 0 unspecified atom stereocenters. The summed E-state index contributed by atoms with van der Waals surface area (Å²) in [6.07, 6.45) is 5.03. The summed E-state index contributed by atoms with van der Waals surface area (Å²) in [5.41, 5.74) is 1.49. The lowest BCUT2D eigenvalue weighted by Gasteiger charge is -2.37. The molecule has 1 amide bonds. The predicted molar refractivity (Wildman–Crippen MR) is 110 cm³/mol. The largest absolute Gasteiger partial charge is 0.372 e. The van der Waals surface area contributed by atoms with Gasteiger partial charge in [-0.15, -0.1) is 0 Å². The Labute approximate surface area is 175 Å². The van der Waals surface area contributed by atoms with Gasteiger partial charge in [-0.2, -0.15) is 15.0 Å². The third-order valence-electron chi connectivity index (χ3n) is 5.97. The molecule has 30 heavy (non-hydrogen) atoms. The highest BCUT2D eigenvalue weighted by Crippen LogP contribution is 2.34. The lowest BCUT2D eigenvalue weighted by molar-refractivity contribution is 0.0129. The van der Waals surface area contributed by atoms with Gasteiger partial charge in [-0.3, -0.25) is 4.79 Å².